The first-order valence-corrected chi connectivity index (χ1v) is 10.2. The number of benzene rings is 1. The molecule has 28 heavy (non-hydrogen) atoms. The van der Waals surface area contributed by atoms with Crippen molar-refractivity contribution in [1.29, 1.82) is 0 Å². The molecule has 0 unspecified atom stereocenters. The van der Waals surface area contributed by atoms with Crippen LogP contribution in [0, 0.1) is 0 Å². The van der Waals surface area contributed by atoms with E-state index in [2.05, 4.69) is 14.7 Å². The summed E-state index contributed by atoms with van der Waals surface area (Å²) in [7, 11) is -0.203. The molecular formula is C20H22N4O3S. The molecule has 0 bridgehead atoms. The Balaban J connectivity index is 1.63. The van der Waals surface area contributed by atoms with Gasteiger partial charge in [0.1, 0.15) is 11.6 Å². The van der Waals surface area contributed by atoms with Gasteiger partial charge in [-0.15, -0.1) is 0 Å². The monoisotopic (exact) mass is 398 g/mol. The molecule has 0 radical (unpaired) electrons. The van der Waals surface area contributed by atoms with Crippen molar-refractivity contribution in [2.24, 2.45) is 0 Å². The summed E-state index contributed by atoms with van der Waals surface area (Å²) in [4.78, 5) is 10.5. The topological polar surface area (TPSA) is 84.4 Å². The van der Waals surface area contributed by atoms with E-state index in [1.165, 1.54) is 31.0 Å². The van der Waals surface area contributed by atoms with Crippen LogP contribution >= 0.6 is 0 Å². The first-order valence-electron chi connectivity index (χ1n) is 8.71. The zero-order chi connectivity index (χ0) is 20.0. The second-order valence-corrected chi connectivity index (χ2v) is 7.90. The third kappa shape index (κ3) is 4.98. The number of sulfonamides is 1. The fourth-order valence-corrected chi connectivity index (χ4v) is 3.65. The maximum Gasteiger partial charge on any atom is 0.261 e. The maximum absolute atomic E-state index is 12.5. The van der Waals surface area contributed by atoms with E-state index < -0.39 is 10.0 Å². The van der Waals surface area contributed by atoms with Crippen LogP contribution in [0.1, 0.15) is 5.56 Å². The molecule has 0 amide bonds. The summed E-state index contributed by atoms with van der Waals surface area (Å²) >= 11 is 0. The van der Waals surface area contributed by atoms with Gasteiger partial charge >= 0.3 is 0 Å². The minimum atomic E-state index is -3.68. The molecule has 2 heterocycles. The lowest BCUT2D eigenvalue weighted by atomic mass is 10.2. The van der Waals surface area contributed by atoms with Crippen LogP contribution in [-0.2, 0) is 16.4 Å². The predicted octanol–water partition coefficient (Wildman–Crippen LogP) is 2.96. The molecule has 2 aromatic heterocycles. The Labute approximate surface area is 165 Å². The summed E-state index contributed by atoms with van der Waals surface area (Å²) in [6.07, 6.45) is 5.93. The van der Waals surface area contributed by atoms with E-state index >= 15 is 0 Å². The van der Waals surface area contributed by atoms with Crippen LogP contribution < -0.4 is 14.4 Å². The van der Waals surface area contributed by atoms with Crippen molar-refractivity contribution >= 4 is 21.5 Å². The molecule has 0 aliphatic rings. The van der Waals surface area contributed by atoms with E-state index in [1.807, 2.05) is 24.1 Å². The third-order valence-electron chi connectivity index (χ3n) is 4.25. The predicted molar refractivity (Wildman–Crippen MR) is 109 cm³/mol. The Hall–Kier alpha value is -3.13. The Morgan fingerprint density at radius 3 is 2.36 bits per heavy atom. The third-order valence-corrected chi connectivity index (χ3v) is 5.64. The van der Waals surface area contributed by atoms with Gasteiger partial charge in [0.2, 0.25) is 0 Å². The number of hydrogen-bond acceptors (Lipinski definition) is 6. The number of hydrogen-bond donors (Lipinski definition) is 1. The number of likely N-dealkylation sites (N-methyl/N-ethyl adjacent to an activating group) is 1. The van der Waals surface area contributed by atoms with Crippen LogP contribution in [0.2, 0.25) is 0 Å². The van der Waals surface area contributed by atoms with Crippen molar-refractivity contribution in [1.82, 2.24) is 9.97 Å². The van der Waals surface area contributed by atoms with Gasteiger partial charge in [-0.1, -0.05) is 0 Å². The van der Waals surface area contributed by atoms with Crippen LogP contribution in [0.3, 0.4) is 0 Å². The first kappa shape index (κ1) is 19.6. The van der Waals surface area contributed by atoms with Crippen molar-refractivity contribution in [3.05, 3.63) is 72.7 Å². The molecule has 146 valence electrons. The number of pyridine rings is 2. The highest BCUT2D eigenvalue weighted by Crippen LogP contribution is 2.20. The summed E-state index contributed by atoms with van der Waals surface area (Å²) in [6.45, 7) is 0.786. The average Bonchev–Trinajstić information content (AvgIpc) is 2.73. The Kier molecular flexibility index (Phi) is 6.10. The van der Waals surface area contributed by atoms with Gasteiger partial charge in [-0.05, 0) is 60.5 Å². The molecular weight excluding hydrogens is 376 g/mol. The van der Waals surface area contributed by atoms with Gasteiger partial charge in [-0.3, -0.25) is 9.71 Å². The minimum absolute atomic E-state index is 0.159. The van der Waals surface area contributed by atoms with Crippen LogP contribution in [-0.4, -0.2) is 39.1 Å². The molecule has 0 saturated heterocycles. The van der Waals surface area contributed by atoms with E-state index in [0.717, 1.165) is 18.8 Å². The number of nitrogens with one attached hydrogen (secondary N) is 1. The molecule has 0 saturated carbocycles. The highest BCUT2D eigenvalue weighted by molar-refractivity contribution is 7.92. The second-order valence-electron chi connectivity index (χ2n) is 6.21. The number of rotatable bonds is 8. The lowest BCUT2D eigenvalue weighted by Crippen LogP contribution is -2.21. The molecule has 3 rings (SSSR count). The lowest BCUT2D eigenvalue weighted by Gasteiger charge is -2.18. The average molecular weight is 398 g/mol. The molecule has 0 aliphatic carbocycles. The number of nitrogens with zero attached hydrogens (tertiary/aromatic N) is 3. The van der Waals surface area contributed by atoms with E-state index in [1.54, 1.807) is 36.7 Å². The van der Waals surface area contributed by atoms with Gasteiger partial charge in [-0.2, -0.15) is 0 Å². The molecule has 1 aromatic carbocycles. The second kappa shape index (κ2) is 8.71. The largest absolute Gasteiger partial charge is 0.497 e. The van der Waals surface area contributed by atoms with Crippen LogP contribution in [0.4, 0.5) is 11.5 Å². The number of aromatic nitrogens is 2. The van der Waals surface area contributed by atoms with Gasteiger partial charge in [0.05, 0.1) is 23.9 Å². The molecule has 8 heteroatoms. The van der Waals surface area contributed by atoms with Gasteiger partial charge in [0, 0.05) is 26.0 Å². The summed E-state index contributed by atoms with van der Waals surface area (Å²) in [6, 6.07) is 13.7. The Bertz CT molecular complexity index is 992. The van der Waals surface area contributed by atoms with Crippen LogP contribution in [0.15, 0.2) is 72.0 Å². The number of anilines is 2. The van der Waals surface area contributed by atoms with Gasteiger partial charge in [-0.25, -0.2) is 13.4 Å². The standard InChI is InChI=1S/C20H22N4O3S/c1-24(14-11-16-9-12-21-13-10-16)20-8-3-17(15-22-20)23-28(25,26)19-6-4-18(27-2)5-7-19/h3-10,12-13,15,23H,11,14H2,1-2H3. The van der Waals surface area contributed by atoms with Crippen molar-refractivity contribution < 1.29 is 13.2 Å². The smallest absolute Gasteiger partial charge is 0.261 e. The van der Waals surface area contributed by atoms with E-state index in [-0.39, 0.29) is 4.90 Å². The van der Waals surface area contributed by atoms with Crippen LogP contribution in [0.25, 0.3) is 0 Å². The van der Waals surface area contributed by atoms with Crippen molar-refractivity contribution in [2.75, 3.05) is 30.3 Å². The summed E-state index contributed by atoms with van der Waals surface area (Å²) in [5.41, 5.74) is 1.60. The zero-order valence-electron chi connectivity index (χ0n) is 15.7. The van der Waals surface area contributed by atoms with Crippen molar-refractivity contribution in [3.63, 3.8) is 0 Å². The first-order chi connectivity index (χ1) is 13.5. The highest BCUT2D eigenvalue weighted by Gasteiger charge is 2.14. The van der Waals surface area contributed by atoms with E-state index in [0.29, 0.717) is 11.4 Å². The number of methoxy groups -OCH3 is 1. The zero-order valence-corrected chi connectivity index (χ0v) is 16.6. The SMILES string of the molecule is COc1ccc(S(=O)(=O)Nc2ccc(N(C)CCc3ccncc3)nc2)cc1. The summed E-state index contributed by atoms with van der Waals surface area (Å²) in [5.74, 6) is 1.36. The van der Waals surface area contributed by atoms with E-state index in [4.69, 9.17) is 4.74 Å². The normalized spacial score (nSPS) is 11.1. The maximum atomic E-state index is 12.5. The fourth-order valence-electron chi connectivity index (χ4n) is 2.60. The van der Waals surface area contributed by atoms with Gasteiger partial charge in [0.15, 0.2) is 0 Å². The molecule has 0 fully saturated rings. The molecule has 0 aliphatic heterocycles. The lowest BCUT2D eigenvalue weighted by molar-refractivity contribution is 0.414. The fraction of sp³-hybridized carbons (Fsp3) is 0.200. The highest BCUT2D eigenvalue weighted by atomic mass is 32.2. The minimum Gasteiger partial charge on any atom is -0.497 e. The van der Waals surface area contributed by atoms with Gasteiger partial charge < -0.3 is 9.64 Å². The molecule has 0 spiro atoms. The Morgan fingerprint density at radius 2 is 1.75 bits per heavy atom. The quantitative estimate of drug-likeness (QED) is 0.628. The van der Waals surface area contributed by atoms with E-state index in [9.17, 15) is 8.42 Å². The molecule has 3 aromatic rings. The summed E-state index contributed by atoms with van der Waals surface area (Å²) < 4.78 is 32.6. The van der Waals surface area contributed by atoms with Crippen molar-refractivity contribution in [2.45, 2.75) is 11.3 Å². The molecule has 0 atom stereocenters. The molecule has 1 N–H and O–H groups in total. The Morgan fingerprint density at radius 1 is 1.04 bits per heavy atom. The number of ether oxygens (including phenoxy) is 1. The summed E-state index contributed by atoms with van der Waals surface area (Å²) in [5, 5.41) is 0. The molecule has 7 nitrogen and oxygen atoms in total. The van der Waals surface area contributed by atoms with Crippen LogP contribution in [0.5, 0.6) is 5.75 Å². The van der Waals surface area contributed by atoms with Gasteiger partial charge in [0.25, 0.3) is 10.0 Å². The van der Waals surface area contributed by atoms with Crippen molar-refractivity contribution in [3.8, 4) is 5.75 Å².